The minimum Gasteiger partial charge on any atom is -0.472 e. The third-order valence-corrected chi connectivity index (χ3v) is 4.99. The number of hydrogen-bond acceptors (Lipinski definition) is 5. The molecule has 2 rings (SSSR count). The molecular formula is C14H23N3O3S. The van der Waals surface area contributed by atoms with Crippen LogP contribution in [0.4, 0.5) is 4.79 Å². The van der Waals surface area contributed by atoms with Crippen LogP contribution in [0.2, 0.25) is 0 Å². The van der Waals surface area contributed by atoms with Crippen LogP contribution < -0.4 is 5.32 Å². The third-order valence-electron chi connectivity index (χ3n) is 4.21. The summed E-state index contributed by atoms with van der Waals surface area (Å²) in [5, 5.41) is 11.5. The molecule has 2 fully saturated rings. The fourth-order valence-electron chi connectivity index (χ4n) is 3.13. The molecule has 0 saturated carbocycles. The monoisotopic (exact) mass is 313 g/mol. The van der Waals surface area contributed by atoms with E-state index >= 15 is 0 Å². The van der Waals surface area contributed by atoms with E-state index < -0.39 is 5.30 Å². The molecule has 0 aromatic heterocycles. The van der Waals surface area contributed by atoms with E-state index in [4.69, 9.17) is 5.11 Å². The lowest BCUT2D eigenvalue weighted by Crippen LogP contribution is -2.58. The summed E-state index contributed by atoms with van der Waals surface area (Å²) in [5.41, 5.74) is -0.351. The first-order chi connectivity index (χ1) is 9.89. The fraction of sp³-hybridized carbons (Fsp3) is 0.714. The summed E-state index contributed by atoms with van der Waals surface area (Å²) in [6.07, 6.45) is 3.22. The van der Waals surface area contributed by atoms with Gasteiger partial charge in [-0.2, -0.15) is 0 Å². The highest BCUT2D eigenvalue weighted by molar-refractivity contribution is 8.11. The van der Waals surface area contributed by atoms with Crippen LogP contribution in [0.25, 0.3) is 0 Å². The van der Waals surface area contributed by atoms with Gasteiger partial charge in [0.2, 0.25) is 5.91 Å². The highest BCUT2D eigenvalue weighted by Crippen LogP contribution is 2.35. The molecule has 2 heterocycles. The molecule has 0 aromatic carbocycles. The molecule has 118 valence electrons. The van der Waals surface area contributed by atoms with E-state index in [0.717, 1.165) is 24.8 Å². The zero-order valence-electron chi connectivity index (χ0n) is 12.5. The molecule has 1 atom stereocenters. The summed E-state index contributed by atoms with van der Waals surface area (Å²) in [5.74, 6) is 0.361. The zero-order valence-corrected chi connectivity index (χ0v) is 13.4. The van der Waals surface area contributed by atoms with Gasteiger partial charge in [-0.1, -0.05) is 19.9 Å². The summed E-state index contributed by atoms with van der Waals surface area (Å²) >= 11 is 0.839. The normalized spacial score (nSPS) is 25.8. The van der Waals surface area contributed by atoms with Crippen molar-refractivity contribution in [1.29, 1.82) is 0 Å². The molecule has 21 heavy (non-hydrogen) atoms. The van der Waals surface area contributed by atoms with Crippen molar-refractivity contribution in [3.8, 4) is 0 Å². The number of nitrogens with one attached hydrogen (secondary N) is 1. The number of carbonyl (C=O) groups excluding carboxylic acids is 1. The van der Waals surface area contributed by atoms with Crippen molar-refractivity contribution in [1.82, 2.24) is 14.5 Å². The standard InChI is InChI=1S/C14H23N3O3S/c1-4-7-17-12(18)11(10(2)3)15-14(17)5-8-16(9-6-14)21-13(19)20/h4,10-11,15H,1,5-9H2,2-3H3,(H,19,20). The van der Waals surface area contributed by atoms with Crippen LogP contribution in [0.5, 0.6) is 0 Å². The van der Waals surface area contributed by atoms with Crippen LogP contribution in [0, 0.1) is 5.92 Å². The van der Waals surface area contributed by atoms with Crippen molar-refractivity contribution in [3.63, 3.8) is 0 Å². The number of hydrogen-bond donors (Lipinski definition) is 2. The van der Waals surface area contributed by atoms with Crippen molar-refractivity contribution in [2.45, 2.75) is 38.4 Å². The first-order valence-corrected chi connectivity index (χ1v) is 8.03. The molecule has 1 unspecified atom stereocenters. The van der Waals surface area contributed by atoms with Crippen molar-refractivity contribution in [2.24, 2.45) is 5.92 Å². The maximum absolute atomic E-state index is 12.6. The maximum Gasteiger partial charge on any atom is 0.380 e. The quantitative estimate of drug-likeness (QED) is 0.608. The minimum atomic E-state index is -0.885. The molecule has 1 spiro atoms. The van der Waals surface area contributed by atoms with E-state index in [0.29, 0.717) is 19.6 Å². The average Bonchev–Trinajstić information content (AvgIpc) is 2.68. The first-order valence-electron chi connectivity index (χ1n) is 7.25. The molecule has 0 radical (unpaired) electrons. The highest BCUT2D eigenvalue weighted by atomic mass is 32.2. The molecule has 0 aliphatic carbocycles. The Kier molecular flexibility index (Phi) is 4.95. The SMILES string of the molecule is C=CCN1C(=O)C(C(C)C)NC12CCN(SC(=O)O)CC2. The maximum atomic E-state index is 12.6. The van der Waals surface area contributed by atoms with Crippen molar-refractivity contribution in [2.75, 3.05) is 19.6 Å². The zero-order chi connectivity index (χ0) is 15.6. The molecule has 0 aromatic rings. The van der Waals surface area contributed by atoms with Crippen LogP contribution >= 0.6 is 11.9 Å². The first kappa shape index (κ1) is 16.3. The summed E-state index contributed by atoms with van der Waals surface area (Å²) in [4.78, 5) is 25.2. The van der Waals surface area contributed by atoms with Crippen LogP contribution in [-0.2, 0) is 4.79 Å². The van der Waals surface area contributed by atoms with Gasteiger partial charge in [-0.15, -0.1) is 6.58 Å². The Bertz CT molecular complexity index is 433. The molecule has 2 saturated heterocycles. The second kappa shape index (κ2) is 6.37. The molecule has 6 nitrogen and oxygen atoms in total. The van der Waals surface area contributed by atoms with Crippen molar-refractivity contribution in [3.05, 3.63) is 12.7 Å². The molecular weight excluding hydrogens is 290 g/mol. The van der Waals surface area contributed by atoms with Gasteiger partial charge in [0, 0.05) is 31.6 Å². The largest absolute Gasteiger partial charge is 0.472 e. The predicted molar refractivity (Wildman–Crippen MR) is 82.8 cm³/mol. The Labute approximate surface area is 129 Å². The molecule has 2 aliphatic rings. The summed E-state index contributed by atoms with van der Waals surface area (Å²) in [6.45, 7) is 9.65. The minimum absolute atomic E-state index is 0.129. The molecule has 0 bridgehead atoms. The Hall–Kier alpha value is -1.05. The van der Waals surface area contributed by atoms with Crippen LogP contribution in [-0.4, -0.2) is 56.9 Å². The number of amides is 1. The molecule has 7 heteroatoms. The van der Waals surface area contributed by atoms with Gasteiger partial charge in [0.05, 0.1) is 11.7 Å². The van der Waals surface area contributed by atoms with E-state index in [2.05, 4.69) is 11.9 Å². The predicted octanol–water partition coefficient (Wildman–Crippen LogP) is 1.75. The van der Waals surface area contributed by atoms with Crippen LogP contribution in [0.1, 0.15) is 26.7 Å². The third kappa shape index (κ3) is 3.25. The fourth-order valence-corrected chi connectivity index (χ4v) is 3.71. The number of nitrogens with zero attached hydrogens (tertiary/aromatic N) is 2. The van der Waals surface area contributed by atoms with E-state index in [-0.39, 0.29) is 23.5 Å². The molecule has 1 amide bonds. The number of rotatable bonds is 4. The Morgan fingerprint density at radius 3 is 2.67 bits per heavy atom. The van der Waals surface area contributed by atoms with Crippen LogP contribution in [0.15, 0.2) is 12.7 Å². The van der Waals surface area contributed by atoms with E-state index in [9.17, 15) is 9.59 Å². The summed E-state index contributed by atoms with van der Waals surface area (Å²) in [7, 11) is 0. The smallest absolute Gasteiger partial charge is 0.380 e. The van der Waals surface area contributed by atoms with E-state index in [1.165, 1.54) is 0 Å². The van der Waals surface area contributed by atoms with Gasteiger partial charge in [-0.3, -0.25) is 10.1 Å². The van der Waals surface area contributed by atoms with Gasteiger partial charge < -0.3 is 10.0 Å². The molecule has 2 aliphatic heterocycles. The topological polar surface area (TPSA) is 72.9 Å². The Balaban J connectivity index is 2.11. The van der Waals surface area contributed by atoms with Gasteiger partial charge in [0.15, 0.2) is 0 Å². The Morgan fingerprint density at radius 1 is 1.57 bits per heavy atom. The van der Waals surface area contributed by atoms with Gasteiger partial charge >= 0.3 is 5.30 Å². The highest BCUT2D eigenvalue weighted by Gasteiger charge is 2.51. The summed E-state index contributed by atoms with van der Waals surface area (Å²) < 4.78 is 1.84. The Morgan fingerprint density at radius 2 is 2.19 bits per heavy atom. The van der Waals surface area contributed by atoms with Crippen molar-refractivity contribution >= 4 is 23.2 Å². The van der Waals surface area contributed by atoms with Gasteiger partial charge in [0.25, 0.3) is 0 Å². The second-order valence-corrected chi connectivity index (χ2v) is 6.97. The van der Waals surface area contributed by atoms with Gasteiger partial charge in [-0.25, -0.2) is 9.10 Å². The van der Waals surface area contributed by atoms with Gasteiger partial charge in [-0.05, 0) is 18.8 Å². The van der Waals surface area contributed by atoms with Gasteiger partial charge in [0.1, 0.15) is 0 Å². The van der Waals surface area contributed by atoms with E-state index in [1.807, 2.05) is 23.1 Å². The second-order valence-electron chi connectivity index (χ2n) is 5.92. The summed E-state index contributed by atoms with van der Waals surface area (Å²) in [6, 6.07) is -0.163. The average molecular weight is 313 g/mol. The van der Waals surface area contributed by atoms with Crippen LogP contribution in [0.3, 0.4) is 0 Å². The molecule has 2 N–H and O–H groups in total. The number of piperidine rings is 1. The van der Waals surface area contributed by atoms with Crippen molar-refractivity contribution < 1.29 is 14.7 Å². The lowest BCUT2D eigenvalue weighted by atomic mass is 9.97. The van der Waals surface area contributed by atoms with E-state index in [1.54, 1.807) is 6.08 Å². The number of carboxylic acid groups (broad SMARTS) is 1. The lowest BCUT2D eigenvalue weighted by Gasteiger charge is -2.43. The number of carbonyl (C=O) groups is 2. The lowest BCUT2D eigenvalue weighted by molar-refractivity contribution is -0.133.